The van der Waals surface area contributed by atoms with Gasteiger partial charge in [0.2, 0.25) is 0 Å². The van der Waals surface area contributed by atoms with Crippen LogP contribution in [-0.2, 0) is 0 Å². The van der Waals surface area contributed by atoms with E-state index in [0.29, 0.717) is 0 Å². The molecule has 1 heteroatoms. The Morgan fingerprint density at radius 3 is 2.00 bits per heavy atom. The maximum Gasteiger partial charge on any atom is 0.0661 e. The van der Waals surface area contributed by atoms with Crippen molar-refractivity contribution in [3.63, 3.8) is 0 Å². The summed E-state index contributed by atoms with van der Waals surface area (Å²) in [5.41, 5.74) is 5.62. The SMILES string of the molecule is C#CC(N)CCCCCCCCCC. The van der Waals surface area contributed by atoms with E-state index in [1.807, 2.05) is 0 Å². The highest BCUT2D eigenvalue weighted by Gasteiger charge is 1.96. The molecule has 2 N–H and O–H groups in total. The maximum absolute atomic E-state index is 5.62. The Labute approximate surface area is 89.5 Å². The van der Waals surface area contributed by atoms with Crippen LogP contribution in [0.5, 0.6) is 0 Å². The molecule has 0 aromatic heterocycles. The molecule has 0 heterocycles. The lowest BCUT2D eigenvalue weighted by atomic mass is 10.1. The molecule has 0 aliphatic rings. The van der Waals surface area contributed by atoms with Crippen molar-refractivity contribution >= 4 is 0 Å². The average molecular weight is 195 g/mol. The van der Waals surface area contributed by atoms with Crippen LogP contribution in [0.3, 0.4) is 0 Å². The first-order chi connectivity index (χ1) is 6.81. The molecule has 1 atom stereocenters. The highest BCUT2D eigenvalue weighted by molar-refractivity contribution is 4.95. The first-order valence-corrected chi connectivity index (χ1v) is 6.03. The molecule has 14 heavy (non-hydrogen) atoms. The number of hydrogen-bond acceptors (Lipinski definition) is 1. The van der Waals surface area contributed by atoms with Gasteiger partial charge >= 0.3 is 0 Å². The van der Waals surface area contributed by atoms with Crippen LogP contribution in [0.25, 0.3) is 0 Å². The fraction of sp³-hybridized carbons (Fsp3) is 0.846. The fourth-order valence-electron chi connectivity index (χ4n) is 1.58. The van der Waals surface area contributed by atoms with Crippen molar-refractivity contribution in [1.82, 2.24) is 0 Å². The Morgan fingerprint density at radius 1 is 1.00 bits per heavy atom. The predicted molar refractivity (Wildman–Crippen MR) is 64.0 cm³/mol. The van der Waals surface area contributed by atoms with Crippen LogP contribution >= 0.6 is 0 Å². The zero-order valence-electron chi connectivity index (χ0n) is 9.60. The van der Waals surface area contributed by atoms with E-state index in [9.17, 15) is 0 Å². The average Bonchev–Trinajstić information content (AvgIpc) is 2.21. The van der Waals surface area contributed by atoms with Crippen molar-refractivity contribution in [1.29, 1.82) is 0 Å². The first kappa shape index (κ1) is 13.5. The smallest absolute Gasteiger partial charge is 0.0661 e. The highest BCUT2D eigenvalue weighted by atomic mass is 14.6. The molecule has 82 valence electrons. The van der Waals surface area contributed by atoms with Gasteiger partial charge in [-0.2, -0.15) is 0 Å². The minimum absolute atomic E-state index is 0.0184. The van der Waals surface area contributed by atoms with Crippen molar-refractivity contribution in [2.24, 2.45) is 5.73 Å². The molecular weight excluding hydrogens is 170 g/mol. The van der Waals surface area contributed by atoms with Gasteiger partial charge in [-0.1, -0.05) is 64.2 Å². The normalized spacial score (nSPS) is 12.4. The van der Waals surface area contributed by atoms with E-state index >= 15 is 0 Å². The van der Waals surface area contributed by atoms with E-state index in [1.165, 1.54) is 51.4 Å². The van der Waals surface area contributed by atoms with Crippen LogP contribution in [0.1, 0.15) is 64.7 Å². The predicted octanol–water partition coefficient (Wildman–Crippen LogP) is 3.48. The van der Waals surface area contributed by atoms with Gasteiger partial charge in [-0.25, -0.2) is 0 Å². The van der Waals surface area contributed by atoms with Crippen molar-refractivity contribution in [3.05, 3.63) is 0 Å². The molecule has 0 saturated carbocycles. The summed E-state index contributed by atoms with van der Waals surface area (Å²) >= 11 is 0. The molecule has 0 aliphatic heterocycles. The summed E-state index contributed by atoms with van der Waals surface area (Å²) in [7, 11) is 0. The summed E-state index contributed by atoms with van der Waals surface area (Å²) in [5, 5.41) is 0. The lowest BCUT2D eigenvalue weighted by Gasteiger charge is -2.03. The molecule has 0 rings (SSSR count). The minimum atomic E-state index is -0.0184. The Kier molecular flexibility index (Phi) is 10.2. The van der Waals surface area contributed by atoms with Crippen LogP contribution in [0.15, 0.2) is 0 Å². The topological polar surface area (TPSA) is 26.0 Å². The fourth-order valence-corrected chi connectivity index (χ4v) is 1.58. The molecule has 0 spiro atoms. The molecule has 0 saturated heterocycles. The Bertz CT molecular complexity index is 146. The Hall–Kier alpha value is -0.480. The second kappa shape index (κ2) is 10.6. The summed E-state index contributed by atoms with van der Waals surface area (Å²) in [5.74, 6) is 2.56. The first-order valence-electron chi connectivity index (χ1n) is 6.03. The maximum atomic E-state index is 5.62. The number of unbranched alkanes of at least 4 members (excludes halogenated alkanes) is 7. The van der Waals surface area contributed by atoms with Gasteiger partial charge in [-0.15, -0.1) is 6.42 Å². The number of terminal acetylenes is 1. The van der Waals surface area contributed by atoms with E-state index in [-0.39, 0.29) is 6.04 Å². The van der Waals surface area contributed by atoms with Gasteiger partial charge in [0.15, 0.2) is 0 Å². The van der Waals surface area contributed by atoms with Gasteiger partial charge in [-0.05, 0) is 6.42 Å². The number of nitrogens with two attached hydrogens (primary N) is 1. The number of hydrogen-bond donors (Lipinski definition) is 1. The summed E-state index contributed by atoms with van der Waals surface area (Å²) in [4.78, 5) is 0. The van der Waals surface area contributed by atoms with Crippen molar-refractivity contribution < 1.29 is 0 Å². The van der Waals surface area contributed by atoms with Gasteiger partial charge in [0.25, 0.3) is 0 Å². The summed E-state index contributed by atoms with van der Waals surface area (Å²) in [6.45, 7) is 2.25. The molecule has 0 aliphatic carbocycles. The third kappa shape index (κ3) is 9.61. The van der Waals surface area contributed by atoms with Gasteiger partial charge in [-0.3, -0.25) is 0 Å². The molecule has 1 unspecified atom stereocenters. The van der Waals surface area contributed by atoms with Gasteiger partial charge in [0.05, 0.1) is 6.04 Å². The molecule has 0 bridgehead atoms. The van der Waals surface area contributed by atoms with Crippen LogP contribution in [0.4, 0.5) is 0 Å². The number of rotatable bonds is 9. The minimum Gasteiger partial charge on any atom is -0.318 e. The van der Waals surface area contributed by atoms with E-state index in [1.54, 1.807) is 0 Å². The van der Waals surface area contributed by atoms with Crippen molar-refractivity contribution in [3.8, 4) is 12.3 Å². The summed E-state index contributed by atoms with van der Waals surface area (Å²) < 4.78 is 0. The lowest BCUT2D eigenvalue weighted by molar-refractivity contribution is 0.556. The zero-order valence-corrected chi connectivity index (χ0v) is 9.60. The second-order valence-electron chi connectivity index (χ2n) is 4.04. The monoisotopic (exact) mass is 195 g/mol. The molecule has 0 aromatic rings. The lowest BCUT2D eigenvalue weighted by Crippen LogP contribution is -2.16. The van der Waals surface area contributed by atoms with Crippen molar-refractivity contribution in [2.45, 2.75) is 70.8 Å². The zero-order chi connectivity index (χ0) is 10.6. The summed E-state index contributed by atoms with van der Waals surface area (Å²) in [6, 6.07) is -0.0184. The second-order valence-corrected chi connectivity index (χ2v) is 4.04. The standard InChI is InChI=1S/C13H25N/c1-3-5-6-7-8-9-10-11-12-13(14)4-2/h2,13H,3,5-12,14H2,1H3. The molecule has 1 nitrogen and oxygen atoms in total. The molecule has 0 fully saturated rings. The van der Waals surface area contributed by atoms with Crippen LogP contribution in [0.2, 0.25) is 0 Å². The third-order valence-corrected chi connectivity index (χ3v) is 2.58. The Balaban J connectivity index is 2.96. The third-order valence-electron chi connectivity index (χ3n) is 2.58. The van der Waals surface area contributed by atoms with Crippen LogP contribution < -0.4 is 5.73 Å². The molecular formula is C13H25N. The largest absolute Gasteiger partial charge is 0.318 e. The summed E-state index contributed by atoms with van der Waals surface area (Å²) in [6.07, 6.45) is 16.9. The highest BCUT2D eigenvalue weighted by Crippen LogP contribution is 2.09. The van der Waals surface area contributed by atoms with E-state index in [0.717, 1.165) is 6.42 Å². The van der Waals surface area contributed by atoms with Crippen LogP contribution in [0, 0.1) is 12.3 Å². The molecule has 0 radical (unpaired) electrons. The molecule has 0 aromatic carbocycles. The van der Waals surface area contributed by atoms with E-state index in [2.05, 4.69) is 12.8 Å². The Morgan fingerprint density at radius 2 is 1.50 bits per heavy atom. The quantitative estimate of drug-likeness (QED) is 0.442. The van der Waals surface area contributed by atoms with Gasteiger partial charge in [0, 0.05) is 0 Å². The van der Waals surface area contributed by atoms with E-state index in [4.69, 9.17) is 12.2 Å². The van der Waals surface area contributed by atoms with Crippen LogP contribution in [-0.4, -0.2) is 6.04 Å². The van der Waals surface area contributed by atoms with E-state index < -0.39 is 0 Å². The van der Waals surface area contributed by atoms with Gasteiger partial charge in [0.1, 0.15) is 0 Å². The van der Waals surface area contributed by atoms with Crippen molar-refractivity contribution in [2.75, 3.05) is 0 Å². The van der Waals surface area contributed by atoms with Gasteiger partial charge < -0.3 is 5.73 Å². The molecule has 0 amide bonds.